The number of ketones is 1. The molecule has 1 amide bonds. The molecular weight excluding hydrogens is 340 g/mol. The molecule has 0 bridgehead atoms. The molecular formula is C22H20N2O3. The maximum Gasteiger partial charge on any atom is 0.264 e. The molecule has 5 heteroatoms. The number of aliphatic hydroxyl groups is 1. The predicted octanol–water partition coefficient (Wildman–Crippen LogP) is 3.20. The number of unbranched alkanes of at least 4 members (excludes halogenated alkanes) is 1. The second-order valence-corrected chi connectivity index (χ2v) is 6.48. The number of nitriles is 1. The quantitative estimate of drug-likeness (QED) is 0.607. The van der Waals surface area contributed by atoms with Crippen molar-refractivity contribution in [3.63, 3.8) is 0 Å². The van der Waals surface area contributed by atoms with Crippen molar-refractivity contribution in [1.82, 2.24) is 0 Å². The molecule has 1 atom stereocenters. The summed E-state index contributed by atoms with van der Waals surface area (Å²) in [5.74, 6) is -0.841. The van der Waals surface area contributed by atoms with Crippen LogP contribution in [0.5, 0.6) is 0 Å². The molecule has 0 fully saturated rings. The first-order chi connectivity index (χ1) is 13.1. The number of carbonyl (C=O) groups excluding carboxylic acids is 2. The minimum absolute atomic E-state index is 0.319. The van der Waals surface area contributed by atoms with Gasteiger partial charge in [0.1, 0.15) is 0 Å². The molecule has 5 nitrogen and oxygen atoms in total. The number of hydrogen-bond acceptors (Lipinski definition) is 4. The van der Waals surface area contributed by atoms with Crippen LogP contribution in [0.1, 0.15) is 30.4 Å². The lowest BCUT2D eigenvalue weighted by molar-refractivity contribution is -0.140. The van der Waals surface area contributed by atoms with Gasteiger partial charge in [-0.25, -0.2) is 0 Å². The Bertz CT molecular complexity index is 915. The van der Waals surface area contributed by atoms with Gasteiger partial charge in [-0.3, -0.25) is 9.59 Å². The van der Waals surface area contributed by atoms with Gasteiger partial charge in [0.2, 0.25) is 0 Å². The fourth-order valence-electron chi connectivity index (χ4n) is 3.28. The molecule has 0 radical (unpaired) electrons. The van der Waals surface area contributed by atoms with Crippen molar-refractivity contribution >= 4 is 23.5 Å². The molecule has 1 heterocycles. The number of allylic oxidation sites excluding steroid dienone is 1. The minimum Gasteiger partial charge on any atom is -0.375 e. The summed E-state index contributed by atoms with van der Waals surface area (Å²) in [6, 6.07) is 18.4. The van der Waals surface area contributed by atoms with Gasteiger partial charge in [0, 0.05) is 18.5 Å². The van der Waals surface area contributed by atoms with E-state index in [2.05, 4.69) is 6.07 Å². The Morgan fingerprint density at radius 3 is 2.59 bits per heavy atom. The highest BCUT2D eigenvalue weighted by Gasteiger charge is 2.50. The van der Waals surface area contributed by atoms with E-state index in [0.29, 0.717) is 30.6 Å². The van der Waals surface area contributed by atoms with Gasteiger partial charge in [0.25, 0.3) is 5.91 Å². The largest absolute Gasteiger partial charge is 0.375 e. The molecule has 136 valence electrons. The third-order valence-corrected chi connectivity index (χ3v) is 4.60. The van der Waals surface area contributed by atoms with Crippen LogP contribution in [0.25, 0.3) is 6.08 Å². The number of rotatable bonds is 7. The normalized spacial score (nSPS) is 18.5. The zero-order chi connectivity index (χ0) is 19.3. The van der Waals surface area contributed by atoms with Crippen LogP contribution >= 0.6 is 0 Å². The molecule has 1 aliphatic heterocycles. The molecule has 27 heavy (non-hydrogen) atoms. The smallest absolute Gasteiger partial charge is 0.264 e. The van der Waals surface area contributed by atoms with Crippen molar-refractivity contribution in [3.8, 4) is 6.07 Å². The van der Waals surface area contributed by atoms with E-state index in [4.69, 9.17) is 5.26 Å². The molecule has 0 saturated carbocycles. The summed E-state index contributed by atoms with van der Waals surface area (Å²) >= 11 is 0. The molecule has 0 aliphatic carbocycles. The van der Waals surface area contributed by atoms with E-state index in [-0.39, 0.29) is 12.2 Å². The Labute approximate surface area is 158 Å². The maximum atomic E-state index is 12.9. The molecule has 3 rings (SSSR count). The summed E-state index contributed by atoms with van der Waals surface area (Å²) in [6.45, 7) is 0.333. The Morgan fingerprint density at radius 1 is 1.15 bits per heavy atom. The first kappa shape index (κ1) is 18.6. The van der Waals surface area contributed by atoms with Gasteiger partial charge < -0.3 is 10.0 Å². The molecule has 0 spiro atoms. The highest BCUT2D eigenvalue weighted by Crippen LogP contribution is 2.42. The van der Waals surface area contributed by atoms with Crippen LogP contribution in [-0.2, 0) is 15.2 Å². The second-order valence-electron chi connectivity index (χ2n) is 6.48. The SMILES string of the molecule is N#CCCCN1C(=O)C(O)(CC(=O)C=Cc2ccccc2)c2ccccc21. The zero-order valence-corrected chi connectivity index (χ0v) is 14.8. The molecule has 0 aromatic heterocycles. The average Bonchev–Trinajstić information content (AvgIpc) is 2.89. The third-order valence-electron chi connectivity index (χ3n) is 4.60. The van der Waals surface area contributed by atoms with Crippen molar-refractivity contribution in [2.24, 2.45) is 0 Å². The highest BCUT2D eigenvalue weighted by atomic mass is 16.3. The number of carbonyl (C=O) groups is 2. The highest BCUT2D eigenvalue weighted by molar-refractivity contribution is 6.10. The zero-order valence-electron chi connectivity index (χ0n) is 14.8. The van der Waals surface area contributed by atoms with E-state index in [1.807, 2.05) is 30.3 Å². The Morgan fingerprint density at radius 2 is 1.85 bits per heavy atom. The van der Waals surface area contributed by atoms with Crippen molar-refractivity contribution in [3.05, 3.63) is 71.8 Å². The molecule has 1 aliphatic rings. The van der Waals surface area contributed by atoms with Crippen LogP contribution in [-0.4, -0.2) is 23.3 Å². The lowest BCUT2D eigenvalue weighted by Crippen LogP contribution is -2.42. The van der Waals surface area contributed by atoms with Gasteiger partial charge in [0.15, 0.2) is 11.4 Å². The van der Waals surface area contributed by atoms with Crippen LogP contribution in [0.2, 0.25) is 0 Å². The van der Waals surface area contributed by atoms with Crippen molar-refractivity contribution in [2.75, 3.05) is 11.4 Å². The lowest BCUT2D eigenvalue weighted by Gasteiger charge is -2.22. The predicted molar refractivity (Wildman–Crippen MR) is 103 cm³/mol. The van der Waals surface area contributed by atoms with Crippen LogP contribution < -0.4 is 4.90 Å². The Hall–Kier alpha value is -3.23. The monoisotopic (exact) mass is 360 g/mol. The summed E-state index contributed by atoms with van der Waals surface area (Å²) in [5.41, 5.74) is 0.0340. The van der Waals surface area contributed by atoms with Crippen molar-refractivity contribution in [2.45, 2.75) is 24.9 Å². The Kier molecular flexibility index (Phi) is 5.49. The van der Waals surface area contributed by atoms with Crippen LogP contribution in [0.4, 0.5) is 5.69 Å². The molecule has 0 saturated heterocycles. The average molecular weight is 360 g/mol. The lowest BCUT2D eigenvalue weighted by atomic mass is 9.89. The number of anilines is 1. The summed E-state index contributed by atoms with van der Waals surface area (Å²) < 4.78 is 0. The number of nitrogens with zero attached hydrogens (tertiary/aromatic N) is 2. The van der Waals surface area contributed by atoms with E-state index in [1.54, 1.807) is 30.3 Å². The second kappa shape index (κ2) is 7.98. The summed E-state index contributed by atoms with van der Waals surface area (Å²) in [7, 11) is 0. The van der Waals surface area contributed by atoms with Crippen LogP contribution in [0.3, 0.4) is 0 Å². The van der Waals surface area contributed by atoms with Gasteiger partial charge in [-0.2, -0.15) is 5.26 Å². The maximum absolute atomic E-state index is 12.9. The van der Waals surface area contributed by atoms with Crippen LogP contribution in [0.15, 0.2) is 60.7 Å². The van der Waals surface area contributed by atoms with Gasteiger partial charge in [-0.1, -0.05) is 54.6 Å². The summed E-state index contributed by atoms with van der Waals surface area (Å²) in [6.07, 6.45) is 3.57. The van der Waals surface area contributed by atoms with E-state index in [9.17, 15) is 14.7 Å². The molecule has 2 aromatic rings. The molecule has 1 unspecified atom stereocenters. The van der Waals surface area contributed by atoms with E-state index >= 15 is 0 Å². The summed E-state index contributed by atoms with van der Waals surface area (Å²) in [4.78, 5) is 26.8. The fraction of sp³-hybridized carbons (Fsp3) is 0.227. The van der Waals surface area contributed by atoms with Crippen molar-refractivity contribution < 1.29 is 14.7 Å². The van der Waals surface area contributed by atoms with Gasteiger partial charge in [0.05, 0.1) is 18.2 Å². The molecule has 2 aromatic carbocycles. The van der Waals surface area contributed by atoms with Crippen molar-refractivity contribution in [1.29, 1.82) is 5.26 Å². The topological polar surface area (TPSA) is 81.4 Å². The number of benzene rings is 2. The number of fused-ring (bicyclic) bond motifs is 1. The minimum atomic E-state index is -1.87. The van der Waals surface area contributed by atoms with E-state index in [1.165, 1.54) is 11.0 Å². The summed E-state index contributed by atoms with van der Waals surface area (Å²) in [5, 5.41) is 19.8. The number of amides is 1. The fourth-order valence-corrected chi connectivity index (χ4v) is 3.28. The van der Waals surface area contributed by atoms with E-state index < -0.39 is 11.5 Å². The number of para-hydroxylation sites is 1. The first-order valence-electron chi connectivity index (χ1n) is 8.83. The van der Waals surface area contributed by atoms with Gasteiger partial charge in [-0.15, -0.1) is 0 Å². The third kappa shape index (κ3) is 3.81. The van der Waals surface area contributed by atoms with E-state index in [0.717, 1.165) is 5.56 Å². The number of hydrogen-bond donors (Lipinski definition) is 1. The van der Waals surface area contributed by atoms with Gasteiger partial charge in [-0.05, 0) is 24.1 Å². The molecule has 1 N–H and O–H groups in total. The first-order valence-corrected chi connectivity index (χ1v) is 8.83. The van der Waals surface area contributed by atoms with Gasteiger partial charge >= 0.3 is 0 Å². The Balaban J connectivity index is 1.81. The standard InChI is InChI=1S/C22H20N2O3/c23-14-6-7-15-24-20-11-5-4-10-19(20)22(27,21(24)26)16-18(25)13-12-17-8-2-1-3-9-17/h1-5,8-13,27H,6-7,15-16H2. The van der Waals surface area contributed by atoms with Crippen LogP contribution in [0, 0.1) is 11.3 Å².